The summed E-state index contributed by atoms with van der Waals surface area (Å²) < 4.78 is 5.35. The monoisotopic (exact) mass is 413 g/mol. The van der Waals surface area contributed by atoms with Gasteiger partial charge in [0.05, 0.1) is 24.9 Å². The van der Waals surface area contributed by atoms with Gasteiger partial charge in [-0.2, -0.15) is 5.10 Å². The van der Waals surface area contributed by atoms with E-state index in [0.717, 1.165) is 49.4 Å². The van der Waals surface area contributed by atoms with Crippen molar-refractivity contribution < 1.29 is 9.53 Å². The van der Waals surface area contributed by atoms with Gasteiger partial charge in [0.2, 0.25) is 0 Å². The molecule has 10 heteroatoms. The normalized spacial score (nSPS) is 14.8. The Bertz CT molecular complexity index is 988. The highest BCUT2D eigenvalue weighted by molar-refractivity contribution is 7.98. The summed E-state index contributed by atoms with van der Waals surface area (Å²) in [6.45, 7) is 4.62. The Kier molecular flexibility index (Phi) is 6.23. The molecule has 1 aliphatic heterocycles. The molecule has 0 atom stereocenters. The van der Waals surface area contributed by atoms with Gasteiger partial charge in [0.25, 0.3) is 5.91 Å². The molecule has 1 saturated heterocycles. The first kappa shape index (κ1) is 19.6. The summed E-state index contributed by atoms with van der Waals surface area (Å²) in [4.78, 5) is 23.8. The van der Waals surface area contributed by atoms with Crippen LogP contribution in [0, 0.1) is 0 Å². The van der Waals surface area contributed by atoms with Gasteiger partial charge in [-0.1, -0.05) is 11.8 Å². The molecule has 0 spiro atoms. The number of carbonyl (C=O) groups excluding carboxylic acids is 1. The smallest absolute Gasteiger partial charge is 0.256 e. The van der Waals surface area contributed by atoms with Crippen LogP contribution in [0.25, 0.3) is 10.9 Å². The van der Waals surface area contributed by atoms with E-state index in [2.05, 4.69) is 35.7 Å². The number of H-pyrrole nitrogens is 1. The minimum Gasteiger partial charge on any atom is -0.379 e. The Balaban J connectivity index is 1.47. The lowest BCUT2D eigenvalue weighted by atomic mass is 10.2. The zero-order valence-corrected chi connectivity index (χ0v) is 17.0. The van der Waals surface area contributed by atoms with Crippen molar-refractivity contribution in [1.29, 1.82) is 0 Å². The van der Waals surface area contributed by atoms with E-state index in [1.165, 1.54) is 11.8 Å². The fourth-order valence-corrected chi connectivity index (χ4v) is 3.47. The minimum atomic E-state index is -0.198. The van der Waals surface area contributed by atoms with Crippen molar-refractivity contribution in [3.05, 3.63) is 36.2 Å². The van der Waals surface area contributed by atoms with Crippen molar-refractivity contribution in [3.8, 4) is 0 Å². The van der Waals surface area contributed by atoms with Gasteiger partial charge in [-0.3, -0.25) is 14.8 Å². The molecule has 1 amide bonds. The first-order valence-electron chi connectivity index (χ1n) is 9.42. The van der Waals surface area contributed by atoms with Crippen molar-refractivity contribution in [1.82, 2.24) is 30.4 Å². The summed E-state index contributed by atoms with van der Waals surface area (Å²) in [6, 6.07) is 5.82. The van der Waals surface area contributed by atoms with Crippen LogP contribution in [-0.4, -0.2) is 76.6 Å². The van der Waals surface area contributed by atoms with E-state index in [1.807, 2.05) is 24.5 Å². The first-order valence-corrected chi connectivity index (χ1v) is 10.6. The number of nitrogens with zero attached hydrogens (tertiary/aromatic N) is 4. The SMILES string of the molecule is CSc1ncc(C(=O)NCCN2CCOCC2)c(Nc2ccc3cn[nH]c3c2)n1. The summed E-state index contributed by atoms with van der Waals surface area (Å²) in [5, 5.41) is 14.8. The van der Waals surface area contributed by atoms with Crippen LogP contribution in [-0.2, 0) is 4.74 Å². The van der Waals surface area contributed by atoms with Crippen molar-refractivity contribution in [2.75, 3.05) is 51.0 Å². The van der Waals surface area contributed by atoms with Crippen molar-refractivity contribution in [3.63, 3.8) is 0 Å². The van der Waals surface area contributed by atoms with Gasteiger partial charge in [0, 0.05) is 43.4 Å². The number of rotatable bonds is 7. The third-order valence-corrected chi connectivity index (χ3v) is 5.28. The summed E-state index contributed by atoms with van der Waals surface area (Å²) >= 11 is 1.43. The van der Waals surface area contributed by atoms with E-state index in [9.17, 15) is 4.79 Å². The average molecular weight is 414 g/mol. The lowest BCUT2D eigenvalue weighted by molar-refractivity contribution is 0.0383. The molecule has 0 unspecified atom stereocenters. The Morgan fingerprint density at radius 2 is 2.17 bits per heavy atom. The van der Waals surface area contributed by atoms with Crippen LogP contribution in [0.2, 0.25) is 0 Å². The van der Waals surface area contributed by atoms with Crippen LogP contribution < -0.4 is 10.6 Å². The van der Waals surface area contributed by atoms with Gasteiger partial charge in [0.15, 0.2) is 5.16 Å². The summed E-state index contributed by atoms with van der Waals surface area (Å²) in [5.41, 5.74) is 2.13. The van der Waals surface area contributed by atoms with Crippen LogP contribution in [0.3, 0.4) is 0 Å². The van der Waals surface area contributed by atoms with Crippen LogP contribution in [0.15, 0.2) is 35.7 Å². The lowest BCUT2D eigenvalue weighted by Crippen LogP contribution is -2.41. The number of thioether (sulfide) groups is 1. The van der Waals surface area contributed by atoms with E-state index >= 15 is 0 Å². The zero-order valence-electron chi connectivity index (χ0n) is 16.1. The van der Waals surface area contributed by atoms with E-state index in [4.69, 9.17) is 4.74 Å². The molecule has 2 aromatic heterocycles. The molecule has 1 fully saturated rings. The molecule has 3 heterocycles. The van der Waals surface area contributed by atoms with Gasteiger partial charge < -0.3 is 15.4 Å². The summed E-state index contributed by atoms with van der Waals surface area (Å²) in [5.74, 6) is 0.281. The fraction of sp³-hybridized carbons (Fsp3) is 0.368. The number of benzene rings is 1. The Hall–Kier alpha value is -2.69. The molecule has 152 valence electrons. The van der Waals surface area contributed by atoms with Gasteiger partial charge >= 0.3 is 0 Å². The maximum Gasteiger partial charge on any atom is 0.256 e. The highest BCUT2D eigenvalue weighted by Gasteiger charge is 2.16. The van der Waals surface area contributed by atoms with Gasteiger partial charge in [-0.25, -0.2) is 9.97 Å². The highest BCUT2D eigenvalue weighted by atomic mass is 32.2. The number of carbonyl (C=O) groups is 1. The quantitative estimate of drug-likeness (QED) is 0.398. The third kappa shape index (κ3) is 4.84. The predicted molar refractivity (Wildman–Crippen MR) is 113 cm³/mol. The highest BCUT2D eigenvalue weighted by Crippen LogP contribution is 2.23. The topological polar surface area (TPSA) is 108 Å². The lowest BCUT2D eigenvalue weighted by Gasteiger charge is -2.26. The molecule has 0 bridgehead atoms. The van der Waals surface area contributed by atoms with Crippen molar-refractivity contribution >= 4 is 40.1 Å². The van der Waals surface area contributed by atoms with E-state index in [0.29, 0.717) is 23.1 Å². The molecule has 1 aromatic carbocycles. The van der Waals surface area contributed by atoms with Gasteiger partial charge in [-0.05, 0) is 24.5 Å². The van der Waals surface area contributed by atoms with E-state index in [-0.39, 0.29) is 5.91 Å². The van der Waals surface area contributed by atoms with Crippen LogP contribution in [0.5, 0.6) is 0 Å². The number of aromatic nitrogens is 4. The molecule has 29 heavy (non-hydrogen) atoms. The van der Waals surface area contributed by atoms with E-state index in [1.54, 1.807) is 12.4 Å². The molecule has 0 aliphatic carbocycles. The Morgan fingerprint density at radius 1 is 1.31 bits per heavy atom. The van der Waals surface area contributed by atoms with Crippen LogP contribution >= 0.6 is 11.8 Å². The van der Waals surface area contributed by atoms with Crippen molar-refractivity contribution in [2.45, 2.75) is 5.16 Å². The predicted octanol–water partition coefficient (Wildman–Crippen LogP) is 1.88. The Labute approximate surface area is 172 Å². The maximum absolute atomic E-state index is 12.8. The number of fused-ring (bicyclic) bond motifs is 1. The molecule has 4 rings (SSSR count). The third-order valence-electron chi connectivity index (χ3n) is 4.72. The van der Waals surface area contributed by atoms with Gasteiger partial charge in [-0.15, -0.1) is 0 Å². The molecule has 3 N–H and O–H groups in total. The molecule has 9 nitrogen and oxygen atoms in total. The number of ether oxygens (including phenoxy) is 1. The summed E-state index contributed by atoms with van der Waals surface area (Å²) in [7, 11) is 0. The number of anilines is 2. The molecule has 1 aliphatic rings. The number of amides is 1. The number of aromatic amines is 1. The summed E-state index contributed by atoms with van der Waals surface area (Å²) in [6.07, 6.45) is 5.24. The largest absolute Gasteiger partial charge is 0.379 e. The van der Waals surface area contributed by atoms with Crippen LogP contribution in [0.4, 0.5) is 11.5 Å². The van der Waals surface area contributed by atoms with E-state index < -0.39 is 0 Å². The maximum atomic E-state index is 12.8. The number of nitrogens with one attached hydrogen (secondary N) is 3. The van der Waals surface area contributed by atoms with Crippen LogP contribution in [0.1, 0.15) is 10.4 Å². The molecule has 0 saturated carbocycles. The number of hydrogen-bond acceptors (Lipinski definition) is 8. The standard InChI is InChI=1S/C19H23N7O2S/c1-29-19-21-12-15(18(27)20-4-5-26-6-8-28-9-7-26)17(24-19)23-14-3-2-13-11-22-25-16(13)10-14/h2-3,10-12H,4-9H2,1H3,(H,20,27)(H,22,25)(H,21,23,24). The number of morpholine rings is 1. The zero-order chi connectivity index (χ0) is 20.1. The molecule has 3 aromatic rings. The molecular weight excluding hydrogens is 390 g/mol. The first-order chi connectivity index (χ1) is 14.2. The molecular formula is C19H23N7O2S. The van der Waals surface area contributed by atoms with Crippen molar-refractivity contribution in [2.24, 2.45) is 0 Å². The second-order valence-electron chi connectivity index (χ2n) is 6.63. The molecule has 0 radical (unpaired) electrons. The second kappa shape index (κ2) is 9.21. The second-order valence-corrected chi connectivity index (χ2v) is 7.40. The number of hydrogen-bond donors (Lipinski definition) is 3. The fourth-order valence-electron chi connectivity index (χ4n) is 3.12. The Morgan fingerprint density at radius 3 is 3.00 bits per heavy atom. The van der Waals surface area contributed by atoms with Gasteiger partial charge in [0.1, 0.15) is 11.4 Å². The average Bonchev–Trinajstić information content (AvgIpc) is 3.22. The minimum absolute atomic E-state index is 0.198.